The summed E-state index contributed by atoms with van der Waals surface area (Å²) in [6, 6.07) is 53.2. The van der Waals surface area contributed by atoms with Gasteiger partial charge in [0.1, 0.15) is 5.82 Å². The van der Waals surface area contributed by atoms with Crippen LogP contribution in [0.2, 0.25) is 19.6 Å². The predicted octanol–water partition coefficient (Wildman–Crippen LogP) is 15.1. The Bertz CT molecular complexity index is 2980. The molecule has 6 aromatic carbocycles. The van der Waals surface area contributed by atoms with Crippen LogP contribution in [0.4, 0.5) is 22.7 Å². The van der Waals surface area contributed by atoms with Crippen LogP contribution >= 0.6 is 0 Å². The van der Waals surface area contributed by atoms with Crippen molar-refractivity contribution >= 4 is 57.8 Å². The standard InChI is InChI=1S/C57H59N4OSi.Pt/c1-55(2,3)40-28-29-58-53(34-40)61-49-27-24-39(38-18-14-13-15-19-38)30-48(49)47-26-25-46(36-51(47)61)62-45-21-16-20-43(35-45)59-37-60(54-50(59)22-17-23-52(54)63(10,11)12)44-32-41(56(4,5)6)31-42(33-44)57(7,8)9;/h13-34,37H,1-12H3;/q-3;. The SMILES string of the molecule is CC(C)(C)c1cc(N2[CH-]N(c3[c-]c(Oc4[c-]c5c(cc4)c4cc(-c6ccccc6)ccc4n5-c4cc(C(C)(C)C)ccn4)ccc3)c3cccc([Si](C)(C)C)c32)cc(C(C)(C)C)c1.[Pt]. The van der Waals surface area contributed by atoms with Crippen LogP contribution in [-0.4, -0.2) is 17.6 Å². The van der Waals surface area contributed by atoms with E-state index < -0.39 is 8.07 Å². The van der Waals surface area contributed by atoms with Crippen molar-refractivity contribution in [2.24, 2.45) is 0 Å². The third kappa shape index (κ3) is 8.60. The molecule has 5 nitrogen and oxygen atoms in total. The Morgan fingerprint density at radius 1 is 0.578 bits per heavy atom. The molecule has 0 N–H and O–H groups in total. The van der Waals surface area contributed by atoms with E-state index in [0.717, 1.165) is 44.6 Å². The van der Waals surface area contributed by atoms with Crippen molar-refractivity contribution in [3.8, 4) is 28.4 Å². The molecule has 0 saturated heterocycles. The Hall–Kier alpha value is -5.42. The summed E-state index contributed by atoms with van der Waals surface area (Å²) in [7, 11) is -1.79. The average molecular weight is 1040 g/mol. The van der Waals surface area contributed by atoms with Gasteiger partial charge in [0.2, 0.25) is 0 Å². The molecule has 64 heavy (non-hydrogen) atoms. The first kappa shape index (κ1) is 45.2. The molecule has 0 atom stereocenters. The van der Waals surface area contributed by atoms with Crippen LogP contribution < -0.4 is 19.7 Å². The summed E-state index contributed by atoms with van der Waals surface area (Å²) in [4.78, 5) is 9.62. The second-order valence-electron chi connectivity index (χ2n) is 21.2. The van der Waals surface area contributed by atoms with Crippen molar-refractivity contribution in [3.05, 3.63) is 169 Å². The van der Waals surface area contributed by atoms with E-state index in [0.29, 0.717) is 11.5 Å². The second-order valence-corrected chi connectivity index (χ2v) is 26.3. The molecule has 0 fully saturated rings. The van der Waals surface area contributed by atoms with Gasteiger partial charge in [-0.15, -0.1) is 48.1 Å². The minimum Gasteiger partial charge on any atom is -0.509 e. The van der Waals surface area contributed by atoms with Gasteiger partial charge in [0.15, 0.2) is 0 Å². The van der Waals surface area contributed by atoms with Crippen molar-refractivity contribution < 1.29 is 25.8 Å². The molecule has 7 heteroatoms. The Morgan fingerprint density at radius 3 is 1.92 bits per heavy atom. The summed E-state index contributed by atoms with van der Waals surface area (Å²) in [5, 5.41) is 3.64. The number of fused-ring (bicyclic) bond motifs is 4. The zero-order valence-electron chi connectivity index (χ0n) is 39.3. The topological polar surface area (TPSA) is 33.5 Å². The van der Waals surface area contributed by atoms with Crippen molar-refractivity contribution in [2.45, 2.75) is 98.2 Å². The molecule has 1 aliphatic rings. The summed E-state index contributed by atoms with van der Waals surface area (Å²) in [5.41, 5.74) is 12.6. The van der Waals surface area contributed by atoms with Gasteiger partial charge in [0.25, 0.3) is 0 Å². The Labute approximate surface area is 396 Å². The predicted molar refractivity (Wildman–Crippen MR) is 269 cm³/mol. The summed E-state index contributed by atoms with van der Waals surface area (Å²) in [6.45, 7) is 30.1. The number of pyridine rings is 1. The van der Waals surface area contributed by atoms with E-state index in [2.05, 4.69) is 230 Å². The van der Waals surface area contributed by atoms with E-state index in [9.17, 15) is 0 Å². The molecule has 330 valence electrons. The number of rotatable bonds is 7. The number of aromatic nitrogens is 2. The number of nitrogens with zero attached hydrogens (tertiary/aromatic N) is 4. The largest absolute Gasteiger partial charge is 0.509 e. The summed E-state index contributed by atoms with van der Waals surface area (Å²) >= 11 is 0. The van der Waals surface area contributed by atoms with Crippen LogP contribution in [0.1, 0.15) is 79.0 Å². The monoisotopic (exact) mass is 1040 g/mol. The minimum absolute atomic E-state index is 0. The van der Waals surface area contributed by atoms with Crippen molar-refractivity contribution in [3.63, 3.8) is 0 Å². The van der Waals surface area contributed by atoms with Crippen LogP contribution in [0.25, 0.3) is 38.8 Å². The van der Waals surface area contributed by atoms with Crippen LogP contribution in [0.3, 0.4) is 0 Å². The zero-order chi connectivity index (χ0) is 44.6. The van der Waals surface area contributed by atoms with Gasteiger partial charge < -0.3 is 19.1 Å². The molecule has 0 radical (unpaired) electrons. The molecule has 2 aromatic heterocycles. The molecule has 0 amide bonds. The first-order valence-corrected chi connectivity index (χ1v) is 25.7. The Kier molecular flexibility index (Phi) is 11.7. The number of hydrogen-bond acceptors (Lipinski definition) is 4. The summed E-state index contributed by atoms with van der Waals surface area (Å²) in [6.07, 6.45) is 1.92. The fourth-order valence-electron chi connectivity index (χ4n) is 8.62. The van der Waals surface area contributed by atoms with Crippen LogP contribution in [-0.2, 0) is 37.3 Å². The molecule has 3 heterocycles. The maximum atomic E-state index is 6.74. The van der Waals surface area contributed by atoms with Gasteiger partial charge in [-0.05, 0) is 91.0 Å². The molecule has 8 aromatic rings. The van der Waals surface area contributed by atoms with E-state index in [1.54, 1.807) is 0 Å². The molecule has 0 aliphatic carbocycles. The number of anilines is 4. The first-order valence-electron chi connectivity index (χ1n) is 22.2. The smallest absolute Gasteiger partial charge is 0.135 e. The van der Waals surface area contributed by atoms with E-state index in [-0.39, 0.29) is 37.3 Å². The quantitative estimate of drug-likeness (QED) is 0.118. The maximum absolute atomic E-state index is 6.74. The van der Waals surface area contributed by atoms with Crippen LogP contribution in [0, 0.1) is 18.8 Å². The van der Waals surface area contributed by atoms with E-state index in [1.165, 1.54) is 38.8 Å². The molecule has 0 unspecified atom stereocenters. The van der Waals surface area contributed by atoms with Gasteiger partial charge in [0.05, 0.1) is 8.07 Å². The first-order chi connectivity index (χ1) is 29.7. The van der Waals surface area contributed by atoms with E-state index in [4.69, 9.17) is 9.72 Å². The summed E-state index contributed by atoms with van der Waals surface area (Å²) < 4.78 is 8.96. The van der Waals surface area contributed by atoms with Gasteiger partial charge in [-0.3, -0.25) is 0 Å². The normalized spacial score (nSPS) is 13.4. The number of para-hydroxylation sites is 1. The maximum Gasteiger partial charge on any atom is 0.135 e. The minimum atomic E-state index is -1.79. The van der Waals surface area contributed by atoms with E-state index in [1.807, 2.05) is 18.3 Å². The van der Waals surface area contributed by atoms with Gasteiger partial charge in [-0.2, -0.15) is 12.1 Å². The second kappa shape index (κ2) is 16.5. The molecule has 0 bridgehead atoms. The zero-order valence-corrected chi connectivity index (χ0v) is 42.6. The molecular weight excluding hydrogens is 980 g/mol. The van der Waals surface area contributed by atoms with Crippen molar-refractivity contribution in [1.29, 1.82) is 0 Å². The fraction of sp³-hybridized carbons (Fsp3) is 0.263. The molecule has 0 saturated carbocycles. The molecular formula is C57H59N4OPtSi-3. The third-order valence-corrected chi connectivity index (χ3v) is 14.3. The van der Waals surface area contributed by atoms with E-state index >= 15 is 0 Å². The van der Waals surface area contributed by atoms with Gasteiger partial charge in [0, 0.05) is 61.3 Å². The number of hydrogen-bond donors (Lipinski definition) is 0. The van der Waals surface area contributed by atoms with Crippen molar-refractivity contribution in [2.75, 3.05) is 9.80 Å². The number of ether oxygens (including phenoxy) is 1. The fourth-order valence-corrected chi connectivity index (χ4v) is 10.2. The van der Waals surface area contributed by atoms with Crippen LogP contribution in [0.5, 0.6) is 11.5 Å². The van der Waals surface area contributed by atoms with Crippen LogP contribution in [0.15, 0.2) is 134 Å². The number of benzene rings is 6. The van der Waals surface area contributed by atoms with Gasteiger partial charge in [-0.25, -0.2) is 4.98 Å². The molecule has 1 aliphatic heterocycles. The average Bonchev–Trinajstić information content (AvgIpc) is 3.78. The van der Waals surface area contributed by atoms with Gasteiger partial charge in [-0.1, -0.05) is 148 Å². The third-order valence-electron chi connectivity index (χ3n) is 12.3. The van der Waals surface area contributed by atoms with Gasteiger partial charge >= 0.3 is 0 Å². The Morgan fingerprint density at radius 2 is 1.25 bits per heavy atom. The summed E-state index contributed by atoms with van der Waals surface area (Å²) in [5.74, 6) is 2.08. The van der Waals surface area contributed by atoms with Crippen molar-refractivity contribution in [1.82, 2.24) is 9.55 Å². The Balaban J connectivity index is 0.00000560. The molecule has 9 rings (SSSR count). The molecule has 0 spiro atoms.